The van der Waals surface area contributed by atoms with Gasteiger partial charge in [0.1, 0.15) is 0 Å². The molecule has 2 atom stereocenters. The molecule has 0 spiro atoms. The summed E-state index contributed by atoms with van der Waals surface area (Å²) in [6.07, 6.45) is 2.38. The zero-order valence-corrected chi connectivity index (χ0v) is 14.2. The number of carbonyl (C=O) groups excluding carboxylic acids is 1. The summed E-state index contributed by atoms with van der Waals surface area (Å²) in [5.41, 5.74) is 3.17. The van der Waals surface area contributed by atoms with Crippen LogP contribution in [-0.2, 0) is 22.5 Å². The Morgan fingerprint density at radius 2 is 2.12 bits per heavy atom. The summed E-state index contributed by atoms with van der Waals surface area (Å²) in [7, 11) is 0. The van der Waals surface area contributed by atoms with Crippen molar-refractivity contribution in [2.75, 3.05) is 6.61 Å². The monoisotopic (exact) mass is 328 g/mol. The van der Waals surface area contributed by atoms with Crippen LogP contribution in [0, 0.1) is 12.8 Å². The van der Waals surface area contributed by atoms with Gasteiger partial charge in [-0.15, -0.1) is 0 Å². The fourth-order valence-electron chi connectivity index (χ4n) is 3.05. The molecule has 1 aliphatic heterocycles. The van der Waals surface area contributed by atoms with Crippen molar-refractivity contribution in [3.63, 3.8) is 0 Å². The largest absolute Gasteiger partial charge is 0.373 e. The number of hydrogen-bond donors (Lipinski definition) is 1. The Morgan fingerprint density at radius 1 is 1.33 bits per heavy atom. The van der Waals surface area contributed by atoms with E-state index in [-0.39, 0.29) is 17.9 Å². The molecule has 24 heavy (non-hydrogen) atoms. The van der Waals surface area contributed by atoms with E-state index in [1.807, 2.05) is 13.0 Å². The molecule has 2 unspecified atom stereocenters. The van der Waals surface area contributed by atoms with Gasteiger partial charge in [0.25, 0.3) is 0 Å². The predicted molar refractivity (Wildman–Crippen MR) is 90.3 cm³/mol. The van der Waals surface area contributed by atoms with E-state index in [0.717, 1.165) is 30.5 Å². The molecule has 1 fully saturated rings. The third kappa shape index (κ3) is 3.85. The van der Waals surface area contributed by atoms with Gasteiger partial charge in [0, 0.05) is 12.7 Å². The Morgan fingerprint density at radius 3 is 2.83 bits per heavy atom. The number of rotatable bonds is 5. The van der Waals surface area contributed by atoms with Gasteiger partial charge in [-0.25, -0.2) is 0 Å². The van der Waals surface area contributed by atoms with Gasteiger partial charge in [0.15, 0.2) is 5.76 Å². The molecule has 128 valence electrons. The lowest BCUT2D eigenvalue weighted by molar-refractivity contribution is -0.135. The first-order chi connectivity index (χ1) is 11.7. The van der Waals surface area contributed by atoms with Gasteiger partial charge in [-0.1, -0.05) is 41.9 Å². The number of amides is 1. The van der Waals surface area contributed by atoms with Gasteiger partial charge in [0.05, 0.1) is 24.3 Å². The quantitative estimate of drug-likeness (QED) is 0.914. The zero-order valence-electron chi connectivity index (χ0n) is 14.2. The van der Waals surface area contributed by atoms with E-state index in [1.165, 1.54) is 5.56 Å². The van der Waals surface area contributed by atoms with Crippen LogP contribution in [0.25, 0.3) is 0 Å². The standard InChI is InChI=1S/C19H24N2O3/c1-3-15-11-16(24-21-15)12-20-19(22)17-5-4-10-23-18(17)14-8-6-13(2)7-9-14/h6-9,11,17-18H,3-5,10,12H2,1-2H3,(H,20,22). The molecule has 1 aromatic heterocycles. The van der Waals surface area contributed by atoms with Gasteiger partial charge in [0.2, 0.25) is 5.91 Å². The van der Waals surface area contributed by atoms with Crippen molar-refractivity contribution in [3.05, 3.63) is 52.9 Å². The minimum Gasteiger partial charge on any atom is -0.373 e. The molecule has 2 aromatic rings. The molecule has 5 heteroatoms. The third-order valence-corrected chi connectivity index (χ3v) is 4.47. The smallest absolute Gasteiger partial charge is 0.226 e. The fourth-order valence-corrected chi connectivity index (χ4v) is 3.05. The average Bonchev–Trinajstić information content (AvgIpc) is 3.08. The van der Waals surface area contributed by atoms with Gasteiger partial charge >= 0.3 is 0 Å². The molecule has 5 nitrogen and oxygen atoms in total. The fraction of sp³-hybridized carbons (Fsp3) is 0.474. The van der Waals surface area contributed by atoms with Crippen molar-refractivity contribution in [1.82, 2.24) is 10.5 Å². The molecule has 0 bridgehead atoms. The number of ether oxygens (including phenoxy) is 1. The molecule has 3 rings (SSSR count). The number of hydrogen-bond acceptors (Lipinski definition) is 4. The summed E-state index contributed by atoms with van der Waals surface area (Å²) < 4.78 is 11.1. The highest BCUT2D eigenvalue weighted by Crippen LogP contribution is 2.34. The minimum atomic E-state index is -0.180. The maximum atomic E-state index is 12.6. The van der Waals surface area contributed by atoms with Crippen molar-refractivity contribution < 1.29 is 14.1 Å². The number of carbonyl (C=O) groups is 1. The van der Waals surface area contributed by atoms with Crippen LogP contribution in [0.2, 0.25) is 0 Å². The zero-order chi connectivity index (χ0) is 16.9. The Balaban J connectivity index is 1.65. The highest BCUT2D eigenvalue weighted by molar-refractivity contribution is 5.79. The van der Waals surface area contributed by atoms with Crippen LogP contribution in [0.4, 0.5) is 0 Å². The van der Waals surface area contributed by atoms with E-state index >= 15 is 0 Å². The first kappa shape index (κ1) is 16.7. The van der Waals surface area contributed by atoms with E-state index in [1.54, 1.807) is 0 Å². The van der Waals surface area contributed by atoms with Crippen molar-refractivity contribution in [3.8, 4) is 0 Å². The maximum Gasteiger partial charge on any atom is 0.226 e. The highest BCUT2D eigenvalue weighted by Gasteiger charge is 2.33. The van der Waals surface area contributed by atoms with Crippen LogP contribution in [0.1, 0.15) is 48.5 Å². The van der Waals surface area contributed by atoms with Crippen LogP contribution >= 0.6 is 0 Å². The molecule has 0 saturated carbocycles. The second-order valence-electron chi connectivity index (χ2n) is 6.31. The minimum absolute atomic E-state index is 0.00900. The van der Waals surface area contributed by atoms with Gasteiger partial charge in [-0.3, -0.25) is 4.79 Å². The predicted octanol–water partition coefficient (Wildman–Crippen LogP) is 3.33. The van der Waals surface area contributed by atoms with E-state index in [4.69, 9.17) is 9.26 Å². The Hall–Kier alpha value is -2.14. The van der Waals surface area contributed by atoms with Crippen LogP contribution in [0.3, 0.4) is 0 Å². The third-order valence-electron chi connectivity index (χ3n) is 4.47. The van der Waals surface area contributed by atoms with E-state index in [0.29, 0.717) is 18.9 Å². The van der Waals surface area contributed by atoms with Gasteiger partial charge in [-0.2, -0.15) is 0 Å². The summed E-state index contributed by atoms with van der Waals surface area (Å²) in [6, 6.07) is 10.1. The number of benzene rings is 1. The molecular weight excluding hydrogens is 304 g/mol. The molecule has 0 radical (unpaired) electrons. The number of aryl methyl sites for hydroxylation is 2. The van der Waals surface area contributed by atoms with Crippen LogP contribution in [0.15, 0.2) is 34.9 Å². The van der Waals surface area contributed by atoms with Crippen LogP contribution in [0.5, 0.6) is 0 Å². The van der Waals surface area contributed by atoms with Crippen molar-refractivity contribution in [2.45, 2.75) is 45.8 Å². The van der Waals surface area contributed by atoms with Crippen molar-refractivity contribution in [1.29, 1.82) is 0 Å². The highest BCUT2D eigenvalue weighted by atomic mass is 16.5. The molecule has 2 heterocycles. The van der Waals surface area contributed by atoms with Gasteiger partial charge < -0.3 is 14.6 Å². The summed E-state index contributed by atoms with van der Waals surface area (Å²) in [4.78, 5) is 12.6. The summed E-state index contributed by atoms with van der Waals surface area (Å²) in [5.74, 6) is 0.522. The molecule has 1 N–H and O–H groups in total. The van der Waals surface area contributed by atoms with E-state index in [2.05, 4.69) is 41.7 Å². The second-order valence-corrected chi connectivity index (χ2v) is 6.31. The topological polar surface area (TPSA) is 64.4 Å². The molecular formula is C19H24N2O3. The van der Waals surface area contributed by atoms with E-state index < -0.39 is 0 Å². The van der Waals surface area contributed by atoms with Crippen molar-refractivity contribution in [2.24, 2.45) is 5.92 Å². The lowest BCUT2D eigenvalue weighted by Crippen LogP contribution is -2.37. The second kappa shape index (κ2) is 7.62. The molecule has 1 saturated heterocycles. The lowest BCUT2D eigenvalue weighted by atomic mass is 9.88. The average molecular weight is 328 g/mol. The van der Waals surface area contributed by atoms with Crippen LogP contribution < -0.4 is 5.32 Å². The summed E-state index contributed by atoms with van der Waals surface area (Å²) >= 11 is 0. The Kier molecular flexibility index (Phi) is 5.30. The SMILES string of the molecule is CCc1cc(CNC(=O)C2CCCOC2c2ccc(C)cc2)on1. The number of aromatic nitrogens is 1. The van der Waals surface area contributed by atoms with E-state index in [9.17, 15) is 4.79 Å². The Bertz CT molecular complexity index is 678. The first-order valence-electron chi connectivity index (χ1n) is 8.57. The molecule has 1 aliphatic rings. The van der Waals surface area contributed by atoms with Gasteiger partial charge in [-0.05, 0) is 31.7 Å². The number of nitrogens with one attached hydrogen (secondary N) is 1. The molecule has 1 amide bonds. The summed E-state index contributed by atoms with van der Waals surface area (Å²) in [5, 5.41) is 6.91. The van der Waals surface area contributed by atoms with Crippen LogP contribution in [-0.4, -0.2) is 17.7 Å². The maximum absolute atomic E-state index is 12.6. The summed E-state index contributed by atoms with van der Waals surface area (Å²) in [6.45, 7) is 5.14. The first-order valence-corrected chi connectivity index (χ1v) is 8.57. The Labute approximate surface area is 142 Å². The normalized spacial score (nSPS) is 20.8. The van der Waals surface area contributed by atoms with Crippen molar-refractivity contribution >= 4 is 5.91 Å². The lowest BCUT2D eigenvalue weighted by Gasteiger charge is -2.31. The molecule has 1 aromatic carbocycles. The molecule has 0 aliphatic carbocycles. The number of nitrogens with zero attached hydrogens (tertiary/aromatic N) is 1.